The van der Waals surface area contributed by atoms with Crippen LogP contribution in [0.25, 0.3) is 6.08 Å². The number of rotatable bonds is 2. The van der Waals surface area contributed by atoms with Gasteiger partial charge in [-0.15, -0.1) is 0 Å². The summed E-state index contributed by atoms with van der Waals surface area (Å²) in [5.74, 6) is 5.19. The van der Waals surface area contributed by atoms with Crippen LogP contribution in [0.3, 0.4) is 0 Å². The van der Waals surface area contributed by atoms with Crippen LogP contribution >= 0.6 is 0 Å². The monoisotopic (exact) mass is 135 g/mol. The molecule has 0 radical (unpaired) electrons. The van der Waals surface area contributed by atoms with Gasteiger partial charge in [-0.2, -0.15) is 0 Å². The Balaban J connectivity index is 3.08. The summed E-state index contributed by atoms with van der Waals surface area (Å²) in [6, 6.07) is 3.65. The summed E-state index contributed by atoms with van der Waals surface area (Å²) < 4.78 is 0. The Morgan fingerprint density at radius 3 is 3.00 bits per heavy atom. The molecule has 1 aromatic rings. The quantitative estimate of drug-likeness (QED) is 0.470. The minimum atomic E-state index is 0.769. The number of nitrogens with one attached hydrogen (secondary N) is 1. The van der Waals surface area contributed by atoms with E-state index >= 15 is 0 Å². The van der Waals surface area contributed by atoms with Crippen LogP contribution < -0.4 is 11.3 Å². The van der Waals surface area contributed by atoms with Crippen molar-refractivity contribution in [3.63, 3.8) is 0 Å². The molecule has 0 aliphatic rings. The first-order chi connectivity index (χ1) is 4.88. The molecule has 0 fully saturated rings. The lowest BCUT2D eigenvalue weighted by molar-refractivity contribution is 1.25. The van der Waals surface area contributed by atoms with Crippen LogP contribution in [0, 0.1) is 0 Å². The van der Waals surface area contributed by atoms with Crippen LogP contribution in [-0.2, 0) is 0 Å². The molecule has 3 N–H and O–H groups in total. The van der Waals surface area contributed by atoms with Gasteiger partial charge in [0, 0.05) is 6.20 Å². The summed E-state index contributed by atoms with van der Waals surface area (Å²) in [5, 5.41) is 0. The van der Waals surface area contributed by atoms with E-state index in [2.05, 4.69) is 17.0 Å². The Kier molecular flexibility index (Phi) is 2.02. The summed E-state index contributed by atoms with van der Waals surface area (Å²) in [4.78, 5) is 4.01. The smallest absolute Gasteiger partial charge is 0.0868 e. The van der Waals surface area contributed by atoms with Gasteiger partial charge in [0.15, 0.2) is 0 Å². The molecule has 0 atom stereocenters. The van der Waals surface area contributed by atoms with Crippen molar-refractivity contribution < 1.29 is 0 Å². The fourth-order valence-corrected chi connectivity index (χ4v) is 0.702. The van der Waals surface area contributed by atoms with Crippen LogP contribution in [0.1, 0.15) is 5.69 Å². The molecule has 1 aromatic heterocycles. The first-order valence-electron chi connectivity index (χ1n) is 2.92. The van der Waals surface area contributed by atoms with Gasteiger partial charge in [-0.3, -0.25) is 10.8 Å². The standard InChI is InChI=1S/C7H9N3/c1-2-6-7(10-8)4-3-5-9-6/h2-5,10H,1,8H2. The Hall–Kier alpha value is -1.35. The van der Waals surface area contributed by atoms with E-state index in [0.717, 1.165) is 11.4 Å². The van der Waals surface area contributed by atoms with Gasteiger partial charge in [-0.25, -0.2) is 0 Å². The highest BCUT2D eigenvalue weighted by Gasteiger charge is 1.93. The highest BCUT2D eigenvalue weighted by atomic mass is 15.2. The number of nitrogens with two attached hydrogens (primary N) is 1. The second kappa shape index (κ2) is 2.98. The van der Waals surface area contributed by atoms with Crippen molar-refractivity contribution >= 4 is 11.8 Å². The van der Waals surface area contributed by atoms with Gasteiger partial charge < -0.3 is 5.43 Å². The number of hydrogen-bond acceptors (Lipinski definition) is 3. The van der Waals surface area contributed by atoms with Gasteiger partial charge >= 0.3 is 0 Å². The second-order valence-corrected chi connectivity index (χ2v) is 1.78. The molecule has 52 valence electrons. The Morgan fingerprint density at radius 2 is 2.50 bits per heavy atom. The van der Waals surface area contributed by atoms with Gasteiger partial charge in [-0.05, 0) is 18.2 Å². The van der Waals surface area contributed by atoms with Crippen molar-refractivity contribution in [2.75, 3.05) is 5.43 Å². The summed E-state index contributed by atoms with van der Waals surface area (Å²) in [6.07, 6.45) is 3.34. The Labute approximate surface area is 59.6 Å². The molecule has 10 heavy (non-hydrogen) atoms. The topological polar surface area (TPSA) is 50.9 Å². The van der Waals surface area contributed by atoms with Crippen LogP contribution in [0.15, 0.2) is 24.9 Å². The van der Waals surface area contributed by atoms with Crippen LogP contribution in [0.2, 0.25) is 0 Å². The van der Waals surface area contributed by atoms with Gasteiger partial charge in [0.2, 0.25) is 0 Å². The summed E-state index contributed by atoms with van der Waals surface area (Å²) in [5.41, 5.74) is 4.07. The highest BCUT2D eigenvalue weighted by Crippen LogP contribution is 2.10. The van der Waals surface area contributed by atoms with Crippen molar-refractivity contribution in [2.24, 2.45) is 5.84 Å². The number of aromatic nitrogens is 1. The van der Waals surface area contributed by atoms with E-state index in [1.807, 2.05) is 12.1 Å². The highest BCUT2D eigenvalue weighted by molar-refractivity contribution is 5.60. The van der Waals surface area contributed by atoms with Crippen molar-refractivity contribution in [3.8, 4) is 0 Å². The zero-order valence-electron chi connectivity index (χ0n) is 5.54. The zero-order chi connectivity index (χ0) is 7.40. The first-order valence-corrected chi connectivity index (χ1v) is 2.92. The fourth-order valence-electron chi connectivity index (χ4n) is 0.702. The zero-order valence-corrected chi connectivity index (χ0v) is 5.54. The van der Waals surface area contributed by atoms with Crippen molar-refractivity contribution in [3.05, 3.63) is 30.6 Å². The predicted molar refractivity (Wildman–Crippen MR) is 42.1 cm³/mol. The minimum absolute atomic E-state index is 0.769. The van der Waals surface area contributed by atoms with Crippen molar-refractivity contribution in [1.82, 2.24) is 4.98 Å². The summed E-state index contributed by atoms with van der Waals surface area (Å²) in [6.45, 7) is 3.58. The number of hydrogen-bond donors (Lipinski definition) is 2. The molecule has 0 aromatic carbocycles. The average molecular weight is 135 g/mol. The summed E-state index contributed by atoms with van der Waals surface area (Å²) in [7, 11) is 0. The van der Waals surface area contributed by atoms with E-state index in [1.165, 1.54) is 0 Å². The van der Waals surface area contributed by atoms with Gasteiger partial charge in [0.05, 0.1) is 11.4 Å². The first kappa shape index (κ1) is 6.77. The molecule has 3 heteroatoms. The van der Waals surface area contributed by atoms with Crippen LogP contribution in [0.5, 0.6) is 0 Å². The minimum Gasteiger partial charge on any atom is -0.322 e. The molecule has 0 amide bonds. The Morgan fingerprint density at radius 1 is 1.70 bits per heavy atom. The molecular weight excluding hydrogens is 126 g/mol. The van der Waals surface area contributed by atoms with Crippen molar-refractivity contribution in [1.29, 1.82) is 0 Å². The number of nitrogens with zero attached hydrogens (tertiary/aromatic N) is 1. The average Bonchev–Trinajstić information content (AvgIpc) is 2.04. The molecule has 0 bridgehead atoms. The van der Waals surface area contributed by atoms with E-state index in [4.69, 9.17) is 5.84 Å². The number of nitrogen functional groups attached to an aromatic ring is 1. The van der Waals surface area contributed by atoms with E-state index in [1.54, 1.807) is 12.3 Å². The number of pyridine rings is 1. The molecule has 0 saturated heterocycles. The molecule has 3 nitrogen and oxygen atoms in total. The lowest BCUT2D eigenvalue weighted by atomic mass is 10.3. The van der Waals surface area contributed by atoms with E-state index in [9.17, 15) is 0 Å². The molecule has 0 aliphatic heterocycles. The van der Waals surface area contributed by atoms with Crippen LogP contribution in [0.4, 0.5) is 5.69 Å². The third-order valence-corrected chi connectivity index (χ3v) is 1.19. The lowest BCUT2D eigenvalue weighted by Gasteiger charge is -2.00. The Bertz CT molecular complexity index is 232. The molecular formula is C7H9N3. The molecule has 0 spiro atoms. The third-order valence-electron chi connectivity index (χ3n) is 1.19. The molecule has 0 aliphatic carbocycles. The maximum Gasteiger partial charge on any atom is 0.0868 e. The fraction of sp³-hybridized carbons (Fsp3) is 0. The second-order valence-electron chi connectivity index (χ2n) is 1.78. The number of hydrazine groups is 1. The third kappa shape index (κ3) is 1.14. The molecule has 1 heterocycles. The van der Waals surface area contributed by atoms with Gasteiger partial charge in [0.25, 0.3) is 0 Å². The SMILES string of the molecule is C=Cc1ncccc1NN. The van der Waals surface area contributed by atoms with E-state index in [0.29, 0.717) is 0 Å². The molecule has 1 rings (SSSR count). The maximum absolute atomic E-state index is 5.19. The molecule has 0 saturated carbocycles. The van der Waals surface area contributed by atoms with Crippen LogP contribution in [-0.4, -0.2) is 4.98 Å². The van der Waals surface area contributed by atoms with E-state index < -0.39 is 0 Å². The van der Waals surface area contributed by atoms with E-state index in [-0.39, 0.29) is 0 Å². The van der Waals surface area contributed by atoms with Crippen molar-refractivity contribution in [2.45, 2.75) is 0 Å². The van der Waals surface area contributed by atoms with Gasteiger partial charge in [-0.1, -0.05) is 6.58 Å². The number of anilines is 1. The summed E-state index contributed by atoms with van der Waals surface area (Å²) >= 11 is 0. The normalized spacial score (nSPS) is 8.90. The predicted octanol–water partition coefficient (Wildman–Crippen LogP) is 1.01. The lowest BCUT2D eigenvalue weighted by Crippen LogP contribution is -2.08. The largest absolute Gasteiger partial charge is 0.322 e. The maximum atomic E-state index is 5.19. The molecule has 0 unspecified atom stereocenters. The van der Waals surface area contributed by atoms with Gasteiger partial charge in [0.1, 0.15) is 0 Å².